The van der Waals surface area contributed by atoms with Crippen molar-refractivity contribution >= 4 is 23.3 Å². The molecule has 0 fully saturated rings. The zero-order valence-electron chi connectivity index (χ0n) is 10.7. The van der Waals surface area contributed by atoms with E-state index in [2.05, 4.69) is 0 Å². The van der Waals surface area contributed by atoms with Gasteiger partial charge in [0.1, 0.15) is 0 Å². The standard InChI is InChI=1S/C16H12O2S/c1-9-5-3-6-10-13(9)15(17)11-7-4-8-12(19-2)14(11)16(10)18/h3-8H,1-2H3. The summed E-state index contributed by atoms with van der Waals surface area (Å²) in [4.78, 5) is 26.1. The van der Waals surface area contributed by atoms with Crippen LogP contribution in [-0.2, 0) is 0 Å². The zero-order chi connectivity index (χ0) is 13.6. The van der Waals surface area contributed by atoms with Crippen molar-refractivity contribution in [3.05, 3.63) is 64.2 Å². The van der Waals surface area contributed by atoms with Crippen molar-refractivity contribution in [2.45, 2.75) is 11.8 Å². The first kappa shape index (κ1) is 12.2. The lowest BCUT2D eigenvalue weighted by Crippen LogP contribution is -2.22. The van der Waals surface area contributed by atoms with E-state index in [0.29, 0.717) is 22.3 Å². The smallest absolute Gasteiger partial charge is 0.195 e. The average molecular weight is 268 g/mol. The summed E-state index contributed by atoms with van der Waals surface area (Å²) in [6.45, 7) is 1.87. The number of fused-ring (bicyclic) bond motifs is 2. The maximum absolute atomic E-state index is 12.6. The summed E-state index contributed by atoms with van der Waals surface area (Å²) < 4.78 is 0. The minimum absolute atomic E-state index is 0.0430. The normalized spacial score (nSPS) is 13.2. The van der Waals surface area contributed by atoms with Crippen molar-refractivity contribution in [3.63, 3.8) is 0 Å². The van der Waals surface area contributed by atoms with Crippen molar-refractivity contribution in [1.82, 2.24) is 0 Å². The van der Waals surface area contributed by atoms with E-state index in [1.54, 1.807) is 12.1 Å². The molecular weight excluding hydrogens is 256 g/mol. The highest BCUT2D eigenvalue weighted by atomic mass is 32.2. The highest BCUT2D eigenvalue weighted by molar-refractivity contribution is 7.98. The molecule has 0 spiro atoms. The molecule has 19 heavy (non-hydrogen) atoms. The number of aryl methyl sites for hydroxylation is 1. The summed E-state index contributed by atoms with van der Waals surface area (Å²) in [6, 6.07) is 10.9. The summed E-state index contributed by atoms with van der Waals surface area (Å²) >= 11 is 1.50. The Hall–Kier alpha value is -1.87. The minimum atomic E-state index is -0.0433. The molecular formula is C16H12O2S. The summed E-state index contributed by atoms with van der Waals surface area (Å²) in [5, 5.41) is 0. The van der Waals surface area contributed by atoms with Gasteiger partial charge in [0.2, 0.25) is 0 Å². The molecule has 0 unspecified atom stereocenters. The largest absolute Gasteiger partial charge is 0.289 e. The van der Waals surface area contributed by atoms with Gasteiger partial charge in [-0.2, -0.15) is 0 Å². The van der Waals surface area contributed by atoms with Crippen LogP contribution in [0.5, 0.6) is 0 Å². The van der Waals surface area contributed by atoms with Gasteiger partial charge in [-0.3, -0.25) is 9.59 Å². The average Bonchev–Trinajstić information content (AvgIpc) is 2.43. The fourth-order valence-electron chi connectivity index (χ4n) is 2.55. The van der Waals surface area contributed by atoms with Crippen LogP contribution in [0.25, 0.3) is 0 Å². The Bertz CT molecular complexity index is 717. The highest BCUT2D eigenvalue weighted by Gasteiger charge is 2.32. The molecule has 2 nitrogen and oxygen atoms in total. The summed E-state index contributed by atoms with van der Waals surface area (Å²) in [7, 11) is 0. The first-order chi connectivity index (χ1) is 9.15. The molecule has 0 saturated heterocycles. The molecule has 2 aromatic rings. The molecule has 1 aliphatic rings. The molecule has 3 rings (SSSR count). The van der Waals surface area contributed by atoms with E-state index in [9.17, 15) is 9.59 Å². The van der Waals surface area contributed by atoms with Gasteiger partial charge >= 0.3 is 0 Å². The molecule has 0 aromatic heterocycles. The second-order valence-corrected chi connectivity index (χ2v) is 5.39. The van der Waals surface area contributed by atoms with Crippen LogP contribution in [0.1, 0.15) is 37.4 Å². The van der Waals surface area contributed by atoms with Gasteiger partial charge in [-0.15, -0.1) is 11.8 Å². The first-order valence-corrected chi connectivity index (χ1v) is 7.23. The minimum Gasteiger partial charge on any atom is -0.289 e. The van der Waals surface area contributed by atoms with Crippen LogP contribution in [0.3, 0.4) is 0 Å². The van der Waals surface area contributed by atoms with E-state index in [1.165, 1.54) is 11.8 Å². The Morgan fingerprint density at radius 2 is 1.42 bits per heavy atom. The molecule has 94 valence electrons. The SMILES string of the molecule is CSc1cccc2c1C(=O)c1cccc(C)c1C2=O. The number of rotatable bonds is 1. The van der Waals surface area contributed by atoms with Gasteiger partial charge in [0, 0.05) is 27.1 Å². The maximum Gasteiger partial charge on any atom is 0.195 e. The van der Waals surface area contributed by atoms with Crippen molar-refractivity contribution in [2.75, 3.05) is 6.26 Å². The third-order valence-electron chi connectivity index (χ3n) is 3.46. The van der Waals surface area contributed by atoms with E-state index < -0.39 is 0 Å². The van der Waals surface area contributed by atoms with Gasteiger partial charge in [0.25, 0.3) is 0 Å². The molecule has 0 atom stereocenters. The highest BCUT2D eigenvalue weighted by Crippen LogP contribution is 2.34. The van der Waals surface area contributed by atoms with E-state index in [-0.39, 0.29) is 11.6 Å². The maximum atomic E-state index is 12.6. The Morgan fingerprint density at radius 3 is 2.11 bits per heavy atom. The summed E-state index contributed by atoms with van der Waals surface area (Å²) in [5.74, 6) is -0.0862. The van der Waals surface area contributed by atoms with Gasteiger partial charge < -0.3 is 0 Å². The quantitative estimate of drug-likeness (QED) is 0.633. The van der Waals surface area contributed by atoms with E-state index >= 15 is 0 Å². The molecule has 2 aromatic carbocycles. The molecule has 1 aliphatic carbocycles. The second kappa shape index (κ2) is 4.35. The van der Waals surface area contributed by atoms with Gasteiger partial charge in [-0.1, -0.05) is 30.3 Å². The fraction of sp³-hybridized carbons (Fsp3) is 0.125. The predicted molar refractivity (Wildman–Crippen MR) is 76.3 cm³/mol. The van der Waals surface area contributed by atoms with Crippen LogP contribution in [-0.4, -0.2) is 17.8 Å². The number of thioether (sulfide) groups is 1. The van der Waals surface area contributed by atoms with Crippen LogP contribution in [0, 0.1) is 6.92 Å². The number of benzene rings is 2. The third kappa shape index (κ3) is 1.65. The molecule has 3 heteroatoms. The molecule has 0 bridgehead atoms. The molecule has 0 heterocycles. The van der Waals surface area contributed by atoms with Crippen LogP contribution < -0.4 is 0 Å². The Kier molecular flexibility index (Phi) is 2.79. The number of carbonyl (C=O) groups is 2. The number of hydrogen-bond acceptors (Lipinski definition) is 3. The van der Waals surface area contributed by atoms with Crippen molar-refractivity contribution in [3.8, 4) is 0 Å². The lowest BCUT2D eigenvalue weighted by atomic mass is 9.82. The molecule has 0 saturated carbocycles. The Labute approximate surface area is 115 Å². The van der Waals surface area contributed by atoms with Crippen molar-refractivity contribution < 1.29 is 9.59 Å². The van der Waals surface area contributed by atoms with Crippen LogP contribution in [0.2, 0.25) is 0 Å². The first-order valence-electron chi connectivity index (χ1n) is 6.01. The number of carbonyl (C=O) groups excluding carboxylic acids is 2. The fourth-order valence-corrected chi connectivity index (χ4v) is 3.17. The predicted octanol–water partition coefficient (Wildman–Crippen LogP) is 3.49. The zero-order valence-corrected chi connectivity index (χ0v) is 11.5. The monoisotopic (exact) mass is 268 g/mol. The van der Waals surface area contributed by atoms with E-state index in [4.69, 9.17) is 0 Å². The third-order valence-corrected chi connectivity index (χ3v) is 4.24. The molecule has 0 amide bonds. The van der Waals surface area contributed by atoms with Crippen LogP contribution in [0.4, 0.5) is 0 Å². The van der Waals surface area contributed by atoms with Crippen LogP contribution in [0.15, 0.2) is 41.3 Å². The van der Waals surface area contributed by atoms with E-state index in [1.807, 2.05) is 37.4 Å². The van der Waals surface area contributed by atoms with Crippen LogP contribution >= 0.6 is 11.8 Å². The topological polar surface area (TPSA) is 34.1 Å². The van der Waals surface area contributed by atoms with Gasteiger partial charge in [0.05, 0.1) is 0 Å². The summed E-state index contributed by atoms with van der Waals surface area (Å²) in [5.41, 5.74) is 3.02. The lowest BCUT2D eigenvalue weighted by Gasteiger charge is -2.20. The van der Waals surface area contributed by atoms with Gasteiger partial charge in [-0.05, 0) is 24.8 Å². The molecule has 0 radical (unpaired) electrons. The lowest BCUT2D eigenvalue weighted by molar-refractivity contribution is 0.0976. The van der Waals surface area contributed by atoms with Crippen molar-refractivity contribution in [2.24, 2.45) is 0 Å². The Balaban J connectivity index is 2.36. The molecule has 0 N–H and O–H groups in total. The number of ketones is 2. The van der Waals surface area contributed by atoms with E-state index in [0.717, 1.165) is 10.5 Å². The van der Waals surface area contributed by atoms with Gasteiger partial charge in [0.15, 0.2) is 11.6 Å². The van der Waals surface area contributed by atoms with Crippen molar-refractivity contribution in [1.29, 1.82) is 0 Å². The molecule has 0 aliphatic heterocycles. The Morgan fingerprint density at radius 1 is 0.842 bits per heavy atom. The number of hydrogen-bond donors (Lipinski definition) is 0. The summed E-state index contributed by atoms with van der Waals surface area (Å²) in [6.07, 6.45) is 1.92. The second-order valence-electron chi connectivity index (χ2n) is 4.54. The van der Waals surface area contributed by atoms with Gasteiger partial charge in [-0.25, -0.2) is 0 Å².